The van der Waals surface area contributed by atoms with E-state index in [-0.39, 0.29) is 18.3 Å². The number of likely N-dealkylation sites (N-methyl/N-ethyl adjacent to an activating group) is 1. The van der Waals surface area contributed by atoms with E-state index in [0.717, 1.165) is 10.2 Å². The van der Waals surface area contributed by atoms with Gasteiger partial charge in [-0.2, -0.15) is 0 Å². The molecule has 0 unspecified atom stereocenters. The van der Waals surface area contributed by atoms with E-state index in [0.29, 0.717) is 45.8 Å². The molecule has 162 valence electrons. The van der Waals surface area contributed by atoms with Gasteiger partial charge in [0.15, 0.2) is 5.13 Å². The lowest BCUT2D eigenvalue weighted by molar-refractivity contribution is 0.0984. The number of hydrogen-bond donors (Lipinski definition) is 0. The van der Waals surface area contributed by atoms with Gasteiger partial charge in [0.2, 0.25) is 0 Å². The van der Waals surface area contributed by atoms with Crippen molar-refractivity contribution in [3.8, 4) is 11.3 Å². The number of carbonyl (C=O) groups excluding carboxylic acids is 1. The van der Waals surface area contributed by atoms with E-state index in [1.54, 1.807) is 17.9 Å². The van der Waals surface area contributed by atoms with Crippen molar-refractivity contribution in [3.63, 3.8) is 0 Å². The van der Waals surface area contributed by atoms with Crippen LogP contribution in [0.2, 0.25) is 5.02 Å². The fourth-order valence-corrected chi connectivity index (χ4v) is 4.37. The molecule has 0 saturated carbocycles. The molecule has 4 aromatic rings. The maximum Gasteiger partial charge on any atom is 0.266 e. The largest absolute Gasteiger partial charge is 0.360 e. The summed E-state index contributed by atoms with van der Waals surface area (Å²) in [6.45, 7) is 2.91. The third-order valence-electron chi connectivity index (χ3n) is 4.74. The monoisotopic (exact) mass is 476 g/mol. The number of aromatic nitrogens is 2. The predicted octanol–water partition coefficient (Wildman–Crippen LogP) is 5.54. The van der Waals surface area contributed by atoms with Crippen LogP contribution in [0.15, 0.2) is 53.1 Å². The van der Waals surface area contributed by atoms with E-state index in [1.807, 2.05) is 61.5 Å². The lowest BCUT2D eigenvalue weighted by Crippen LogP contribution is -2.37. The Hall–Kier alpha value is -2.45. The summed E-state index contributed by atoms with van der Waals surface area (Å²) in [5, 5.41) is 5.31. The number of nitrogens with zero attached hydrogens (tertiary/aromatic N) is 4. The number of aryl methyl sites for hydroxylation is 1. The molecule has 6 nitrogen and oxygen atoms in total. The van der Waals surface area contributed by atoms with Gasteiger partial charge in [-0.05, 0) is 39.2 Å². The Bertz CT molecular complexity index is 1170. The second-order valence-corrected chi connectivity index (χ2v) is 8.58. The van der Waals surface area contributed by atoms with Crippen LogP contribution in [0.25, 0.3) is 21.5 Å². The molecule has 0 fully saturated rings. The molecule has 0 radical (unpaired) electrons. The van der Waals surface area contributed by atoms with Crippen molar-refractivity contribution in [1.82, 2.24) is 15.0 Å². The standard InChI is InChI=1S/C22H21ClN4O2S.ClH/c1-14-19(20(25-29-14)15-8-4-5-9-16(15)23)21(28)27(13-12-26(2)3)22-24-17-10-6-7-11-18(17)30-22;/h4-11H,12-13H2,1-3H3;1H. The third-order valence-corrected chi connectivity index (χ3v) is 6.12. The van der Waals surface area contributed by atoms with Crippen molar-refractivity contribution >= 4 is 56.6 Å². The highest BCUT2D eigenvalue weighted by molar-refractivity contribution is 7.22. The molecular formula is C22H22Cl2N4O2S. The molecule has 0 aliphatic heterocycles. The number of para-hydroxylation sites is 1. The summed E-state index contributed by atoms with van der Waals surface area (Å²) < 4.78 is 6.44. The van der Waals surface area contributed by atoms with Crippen LogP contribution in [0.3, 0.4) is 0 Å². The smallest absolute Gasteiger partial charge is 0.266 e. The fourth-order valence-electron chi connectivity index (χ4n) is 3.16. The van der Waals surface area contributed by atoms with E-state index < -0.39 is 0 Å². The lowest BCUT2D eigenvalue weighted by atomic mass is 10.1. The number of fused-ring (bicyclic) bond motifs is 1. The van der Waals surface area contributed by atoms with Gasteiger partial charge in [-0.25, -0.2) is 4.98 Å². The van der Waals surface area contributed by atoms with Crippen molar-refractivity contribution in [3.05, 3.63) is 64.9 Å². The highest BCUT2D eigenvalue weighted by Crippen LogP contribution is 2.34. The zero-order valence-corrected chi connectivity index (χ0v) is 19.7. The number of halogens is 2. The fraction of sp³-hybridized carbons (Fsp3) is 0.227. The molecule has 9 heteroatoms. The minimum absolute atomic E-state index is 0. The number of thiazole rings is 1. The number of amides is 1. The van der Waals surface area contributed by atoms with Crippen LogP contribution in [0.5, 0.6) is 0 Å². The van der Waals surface area contributed by atoms with Crippen LogP contribution in [0.4, 0.5) is 5.13 Å². The van der Waals surface area contributed by atoms with Gasteiger partial charge < -0.3 is 9.42 Å². The van der Waals surface area contributed by atoms with E-state index >= 15 is 0 Å². The molecule has 2 aromatic carbocycles. The Balaban J connectivity index is 0.00000272. The van der Waals surface area contributed by atoms with Crippen molar-refractivity contribution < 1.29 is 9.32 Å². The van der Waals surface area contributed by atoms with Gasteiger partial charge in [0.1, 0.15) is 17.0 Å². The van der Waals surface area contributed by atoms with Gasteiger partial charge in [0.25, 0.3) is 5.91 Å². The average molecular weight is 477 g/mol. The Labute approximate surface area is 195 Å². The zero-order chi connectivity index (χ0) is 21.3. The first-order valence-electron chi connectivity index (χ1n) is 9.49. The van der Waals surface area contributed by atoms with E-state index in [2.05, 4.69) is 5.16 Å². The summed E-state index contributed by atoms with van der Waals surface area (Å²) in [6, 6.07) is 15.2. The Morgan fingerprint density at radius 1 is 1.10 bits per heavy atom. The first kappa shape index (κ1) is 23.2. The van der Waals surface area contributed by atoms with Crippen LogP contribution < -0.4 is 4.90 Å². The molecule has 0 atom stereocenters. The quantitative estimate of drug-likeness (QED) is 0.365. The Morgan fingerprint density at radius 2 is 1.81 bits per heavy atom. The van der Waals surface area contributed by atoms with Crippen LogP contribution in [-0.4, -0.2) is 48.1 Å². The first-order valence-corrected chi connectivity index (χ1v) is 10.7. The van der Waals surface area contributed by atoms with Crippen LogP contribution in [-0.2, 0) is 0 Å². The van der Waals surface area contributed by atoms with Gasteiger partial charge in [-0.15, -0.1) is 12.4 Å². The molecule has 2 aromatic heterocycles. The van der Waals surface area contributed by atoms with Gasteiger partial charge in [0.05, 0.1) is 15.2 Å². The predicted molar refractivity (Wildman–Crippen MR) is 129 cm³/mol. The second kappa shape index (κ2) is 9.78. The minimum Gasteiger partial charge on any atom is -0.360 e. The minimum atomic E-state index is -0.204. The normalized spacial score (nSPS) is 11.0. The number of carbonyl (C=O) groups is 1. The SMILES string of the molecule is Cc1onc(-c2ccccc2Cl)c1C(=O)N(CCN(C)C)c1nc2ccccc2s1.Cl. The molecule has 0 aliphatic carbocycles. The van der Waals surface area contributed by atoms with Crippen LogP contribution in [0.1, 0.15) is 16.1 Å². The molecular weight excluding hydrogens is 455 g/mol. The zero-order valence-electron chi connectivity index (χ0n) is 17.3. The average Bonchev–Trinajstić information content (AvgIpc) is 3.31. The van der Waals surface area contributed by atoms with Crippen molar-refractivity contribution in [1.29, 1.82) is 0 Å². The van der Waals surface area contributed by atoms with Crippen molar-refractivity contribution in [2.24, 2.45) is 0 Å². The van der Waals surface area contributed by atoms with Gasteiger partial charge in [0, 0.05) is 18.7 Å². The number of hydrogen-bond acceptors (Lipinski definition) is 6. The summed E-state index contributed by atoms with van der Waals surface area (Å²) in [5.41, 5.74) is 2.38. The van der Waals surface area contributed by atoms with E-state index in [1.165, 1.54) is 11.3 Å². The van der Waals surface area contributed by atoms with Crippen molar-refractivity contribution in [2.45, 2.75) is 6.92 Å². The number of benzene rings is 2. The molecule has 4 rings (SSSR count). The summed E-state index contributed by atoms with van der Waals surface area (Å²) in [4.78, 5) is 22.2. The number of rotatable bonds is 6. The first-order chi connectivity index (χ1) is 14.5. The summed E-state index contributed by atoms with van der Waals surface area (Å²) >= 11 is 7.87. The third kappa shape index (κ3) is 4.75. The van der Waals surface area contributed by atoms with Crippen molar-refractivity contribution in [2.75, 3.05) is 32.1 Å². The van der Waals surface area contributed by atoms with Gasteiger partial charge in [-0.3, -0.25) is 9.69 Å². The maximum atomic E-state index is 13.8. The molecule has 0 aliphatic rings. The Kier molecular flexibility index (Phi) is 7.33. The molecule has 0 spiro atoms. The van der Waals surface area contributed by atoms with E-state index in [4.69, 9.17) is 21.1 Å². The molecule has 31 heavy (non-hydrogen) atoms. The summed E-state index contributed by atoms with van der Waals surface area (Å²) in [6.07, 6.45) is 0. The molecule has 0 N–H and O–H groups in total. The van der Waals surface area contributed by atoms with E-state index in [9.17, 15) is 4.79 Å². The molecule has 1 amide bonds. The van der Waals surface area contributed by atoms with Crippen LogP contribution in [0, 0.1) is 6.92 Å². The lowest BCUT2D eigenvalue weighted by Gasteiger charge is -2.22. The molecule has 0 saturated heterocycles. The summed E-state index contributed by atoms with van der Waals surface area (Å²) in [5.74, 6) is 0.246. The van der Waals surface area contributed by atoms with Gasteiger partial charge >= 0.3 is 0 Å². The molecule has 2 heterocycles. The van der Waals surface area contributed by atoms with Crippen LogP contribution >= 0.6 is 35.3 Å². The highest BCUT2D eigenvalue weighted by Gasteiger charge is 2.29. The highest BCUT2D eigenvalue weighted by atomic mass is 35.5. The topological polar surface area (TPSA) is 62.5 Å². The second-order valence-electron chi connectivity index (χ2n) is 7.17. The summed E-state index contributed by atoms with van der Waals surface area (Å²) in [7, 11) is 3.95. The van der Waals surface area contributed by atoms with Gasteiger partial charge in [-0.1, -0.05) is 58.4 Å². The molecule has 0 bridgehead atoms. The maximum absolute atomic E-state index is 13.8. The Morgan fingerprint density at radius 3 is 2.52 bits per heavy atom. The number of anilines is 1.